The minimum atomic E-state index is -3.74. The molecule has 0 radical (unpaired) electrons. The first-order valence-electron chi connectivity index (χ1n) is 6.16. The first-order valence-corrected chi connectivity index (χ1v) is 8.40. The zero-order valence-corrected chi connectivity index (χ0v) is 14.1. The molecule has 21 heavy (non-hydrogen) atoms. The molecule has 0 fully saturated rings. The van der Waals surface area contributed by atoms with Crippen molar-refractivity contribution in [1.82, 2.24) is 14.5 Å². The average molecular weight is 348 g/mol. The fraction of sp³-hybridized carbons (Fsp3) is 0.308. The molecule has 0 amide bonds. The minimum absolute atomic E-state index is 0.00588. The summed E-state index contributed by atoms with van der Waals surface area (Å²) in [6.45, 7) is 3.63. The molecule has 0 aliphatic heterocycles. The minimum Gasteiger partial charge on any atom is -0.255 e. The monoisotopic (exact) mass is 347 g/mol. The Kier molecular flexibility index (Phi) is 4.63. The van der Waals surface area contributed by atoms with Gasteiger partial charge in [-0.2, -0.15) is 5.10 Å². The molecule has 0 unspecified atom stereocenters. The van der Waals surface area contributed by atoms with Gasteiger partial charge in [0.2, 0.25) is 10.0 Å². The van der Waals surface area contributed by atoms with E-state index in [0.717, 1.165) is 11.1 Å². The Labute approximate surface area is 133 Å². The van der Waals surface area contributed by atoms with Gasteiger partial charge in [-0.15, -0.1) is 0 Å². The Bertz CT molecular complexity index is 785. The van der Waals surface area contributed by atoms with E-state index in [4.69, 9.17) is 23.2 Å². The van der Waals surface area contributed by atoms with E-state index in [1.54, 1.807) is 26.1 Å². The summed E-state index contributed by atoms with van der Waals surface area (Å²) in [6.07, 6.45) is 0. The molecule has 1 heterocycles. The number of halogens is 2. The van der Waals surface area contributed by atoms with E-state index < -0.39 is 10.0 Å². The Balaban J connectivity index is 2.28. The number of sulfonamides is 1. The van der Waals surface area contributed by atoms with Gasteiger partial charge in [-0.3, -0.25) is 4.68 Å². The molecular formula is C13H15Cl2N3O2S. The van der Waals surface area contributed by atoms with Gasteiger partial charge in [0.15, 0.2) is 0 Å². The number of nitrogens with zero attached hydrogens (tertiary/aromatic N) is 2. The van der Waals surface area contributed by atoms with Gasteiger partial charge in [0.25, 0.3) is 0 Å². The van der Waals surface area contributed by atoms with Crippen LogP contribution in [0.5, 0.6) is 0 Å². The van der Waals surface area contributed by atoms with Crippen LogP contribution < -0.4 is 4.72 Å². The van der Waals surface area contributed by atoms with Gasteiger partial charge in [-0.25, -0.2) is 13.1 Å². The average Bonchev–Trinajstić information content (AvgIpc) is 2.65. The third kappa shape index (κ3) is 3.40. The van der Waals surface area contributed by atoms with Crippen molar-refractivity contribution in [3.05, 3.63) is 45.2 Å². The Morgan fingerprint density at radius 3 is 2.52 bits per heavy atom. The number of benzene rings is 1. The van der Waals surface area contributed by atoms with E-state index >= 15 is 0 Å². The smallest absolute Gasteiger partial charge is 0.245 e. The van der Waals surface area contributed by atoms with Crippen LogP contribution in [0.25, 0.3) is 0 Å². The molecule has 1 N–H and O–H groups in total. The topological polar surface area (TPSA) is 64.0 Å². The maximum Gasteiger partial charge on any atom is 0.245 e. The predicted octanol–water partition coefficient (Wildman–Crippen LogP) is 2.82. The summed E-state index contributed by atoms with van der Waals surface area (Å²) in [5.74, 6) is 0. The lowest BCUT2D eigenvalue weighted by Crippen LogP contribution is -2.24. The van der Waals surface area contributed by atoms with E-state index in [0.29, 0.717) is 10.7 Å². The summed E-state index contributed by atoms with van der Waals surface area (Å²) < 4.78 is 28.6. The van der Waals surface area contributed by atoms with Crippen LogP contribution in [0.4, 0.5) is 0 Å². The first-order chi connectivity index (χ1) is 9.72. The molecule has 0 atom stereocenters. The second kappa shape index (κ2) is 5.96. The van der Waals surface area contributed by atoms with Gasteiger partial charge in [-0.05, 0) is 37.1 Å². The van der Waals surface area contributed by atoms with Crippen molar-refractivity contribution in [2.75, 3.05) is 0 Å². The van der Waals surface area contributed by atoms with E-state index in [2.05, 4.69) is 9.82 Å². The molecular weight excluding hydrogens is 333 g/mol. The van der Waals surface area contributed by atoms with Crippen molar-refractivity contribution < 1.29 is 8.42 Å². The molecule has 5 nitrogen and oxygen atoms in total. The van der Waals surface area contributed by atoms with Gasteiger partial charge < -0.3 is 0 Å². The van der Waals surface area contributed by atoms with Crippen LogP contribution in [0, 0.1) is 13.8 Å². The quantitative estimate of drug-likeness (QED) is 0.924. The zero-order chi connectivity index (χ0) is 15.8. The summed E-state index contributed by atoms with van der Waals surface area (Å²) in [7, 11) is -2.14. The molecule has 0 aliphatic rings. The van der Waals surface area contributed by atoms with Crippen molar-refractivity contribution in [3.8, 4) is 0 Å². The maximum atomic E-state index is 12.4. The van der Waals surface area contributed by atoms with Crippen LogP contribution in [0.2, 0.25) is 10.2 Å². The predicted molar refractivity (Wildman–Crippen MR) is 83.2 cm³/mol. The lowest BCUT2D eigenvalue weighted by molar-refractivity contribution is 0.580. The Morgan fingerprint density at radius 1 is 1.29 bits per heavy atom. The van der Waals surface area contributed by atoms with Crippen molar-refractivity contribution in [1.29, 1.82) is 0 Å². The number of hydrogen-bond donors (Lipinski definition) is 1. The lowest BCUT2D eigenvalue weighted by atomic mass is 10.1. The molecule has 0 spiro atoms. The Hall–Kier alpha value is -1.08. The highest BCUT2D eigenvalue weighted by Crippen LogP contribution is 2.24. The van der Waals surface area contributed by atoms with Crippen LogP contribution in [0.3, 0.4) is 0 Å². The third-order valence-electron chi connectivity index (χ3n) is 3.13. The largest absolute Gasteiger partial charge is 0.255 e. The fourth-order valence-corrected chi connectivity index (χ4v) is 3.94. The summed E-state index contributed by atoms with van der Waals surface area (Å²) in [6, 6.07) is 5.34. The highest BCUT2D eigenvalue weighted by molar-refractivity contribution is 7.89. The molecule has 0 bridgehead atoms. The van der Waals surface area contributed by atoms with Crippen molar-refractivity contribution in [2.45, 2.75) is 25.3 Å². The molecule has 1 aromatic heterocycles. The highest BCUT2D eigenvalue weighted by atomic mass is 35.5. The van der Waals surface area contributed by atoms with Crippen molar-refractivity contribution in [2.24, 2.45) is 7.05 Å². The van der Waals surface area contributed by atoms with Crippen molar-refractivity contribution in [3.63, 3.8) is 0 Å². The van der Waals surface area contributed by atoms with Gasteiger partial charge in [0.05, 0.1) is 5.69 Å². The van der Waals surface area contributed by atoms with Crippen LogP contribution in [0.15, 0.2) is 23.1 Å². The zero-order valence-electron chi connectivity index (χ0n) is 11.8. The standard InChI is InChI=1S/C13H15Cl2N3O2S/c1-8-4-5-11(14)6-10(8)7-16-21(19,20)12-9(2)17-18(3)13(12)15/h4-6,16H,7H2,1-3H3. The molecule has 8 heteroatoms. The number of aryl methyl sites for hydroxylation is 3. The van der Waals surface area contributed by atoms with Crippen LogP contribution in [-0.4, -0.2) is 18.2 Å². The van der Waals surface area contributed by atoms with E-state index in [9.17, 15) is 8.42 Å². The molecule has 114 valence electrons. The van der Waals surface area contributed by atoms with E-state index in [1.165, 1.54) is 4.68 Å². The van der Waals surface area contributed by atoms with Gasteiger partial charge in [-0.1, -0.05) is 29.3 Å². The fourth-order valence-electron chi connectivity index (χ4n) is 1.99. The molecule has 2 rings (SSSR count). The first kappa shape index (κ1) is 16.3. The summed E-state index contributed by atoms with van der Waals surface area (Å²) in [5, 5.41) is 4.65. The number of aromatic nitrogens is 2. The van der Waals surface area contributed by atoms with Crippen LogP contribution in [-0.2, 0) is 23.6 Å². The molecule has 0 saturated carbocycles. The number of hydrogen-bond acceptors (Lipinski definition) is 3. The summed E-state index contributed by atoms with van der Waals surface area (Å²) in [5.41, 5.74) is 2.12. The van der Waals surface area contributed by atoms with Crippen molar-refractivity contribution >= 4 is 33.2 Å². The van der Waals surface area contributed by atoms with Crippen LogP contribution in [0.1, 0.15) is 16.8 Å². The second-order valence-electron chi connectivity index (χ2n) is 4.72. The van der Waals surface area contributed by atoms with E-state index in [-0.39, 0.29) is 16.6 Å². The van der Waals surface area contributed by atoms with Gasteiger partial charge >= 0.3 is 0 Å². The van der Waals surface area contributed by atoms with Crippen LogP contribution >= 0.6 is 23.2 Å². The van der Waals surface area contributed by atoms with Gasteiger partial charge in [0.1, 0.15) is 10.0 Å². The molecule has 0 saturated heterocycles. The Morgan fingerprint density at radius 2 is 1.95 bits per heavy atom. The number of rotatable bonds is 4. The molecule has 2 aromatic rings. The maximum absolute atomic E-state index is 12.4. The highest BCUT2D eigenvalue weighted by Gasteiger charge is 2.24. The SMILES string of the molecule is Cc1ccc(Cl)cc1CNS(=O)(=O)c1c(C)nn(C)c1Cl. The van der Waals surface area contributed by atoms with E-state index in [1.807, 2.05) is 13.0 Å². The number of nitrogens with one attached hydrogen (secondary N) is 1. The summed E-state index contributed by atoms with van der Waals surface area (Å²) in [4.78, 5) is 0.00588. The summed E-state index contributed by atoms with van der Waals surface area (Å²) >= 11 is 11.9. The molecule has 0 aliphatic carbocycles. The van der Waals surface area contributed by atoms with Gasteiger partial charge in [0, 0.05) is 18.6 Å². The normalized spacial score (nSPS) is 11.9. The second-order valence-corrected chi connectivity index (χ2v) is 7.22. The molecule has 1 aromatic carbocycles. The lowest BCUT2D eigenvalue weighted by Gasteiger charge is -2.09. The third-order valence-corrected chi connectivity index (χ3v) is 5.46.